The molecule has 0 saturated carbocycles. The third kappa shape index (κ3) is 72.8. The van der Waals surface area contributed by atoms with Gasteiger partial charge < -0.3 is 33.8 Å². The number of aliphatic hydroxyl groups excluding tert-OH is 1. The number of phosphoric acid groups is 2. The molecule has 99 heavy (non-hydrogen) atoms. The molecule has 0 radical (unpaired) electrons. The molecule has 0 aromatic carbocycles. The lowest BCUT2D eigenvalue weighted by Gasteiger charge is -2.21. The summed E-state index contributed by atoms with van der Waals surface area (Å²) in [6.45, 7) is 7.32. The summed E-state index contributed by atoms with van der Waals surface area (Å²) in [4.78, 5) is 73.0. The highest BCUT2D eigenvalue weighted by atomic mass is 31.2. The second-order valence-electron chi connectivity index (χ2n) is 29.1. The molecule has 0 amide bonds. The first-order chi connectivity index (χ1) is 48.1. The third-order valence-electron chi connectivity index (χ3n) is 19.1. The van der Waals surface area contributed by atoms with E-state index in [4.69, 9.17) is 37.0 Å². The maximum absolute atomic E-state index is 13.1. The fourth-order valence-electron chi connectivity index (χ4n) is 12.4. The minimum atomic E-state index is -4.96. The quantitative estimate of drug-likeness (QED) is 0.0222. The van der Waals surface area contributed by atoms with Gasteiger partial charge in [0.2, 0.25) is 0 Å². The zero-order valence-electron chi connectivity index (χ0n) is 64.6. The highest BCUT2D eigenvalue weighted by Gasteiger charge is 2.30. The van der Waals surface area contributed by atoms with Crippen molar-refractivity contribution < 1.29 is 80.2 Å². The van der Waals surface area contributed by atoms with E-state index in [-0.39, 0.29) is 25.7 Å². The van der Waals surface area contributed by atoms with E-state index in [9.17, 15) is 43.2 Å². The van der Waals surface area contributed by atoms with Crippen molar-refractivity contribution in [3.63, 3.8) is 0 Å². The number of phosphoric ester groups is 2. The molecule has 0 aliphatic heterocycles. The second-order valence-corrected chi connectivity index (χ2v) is 32.0. The number of rotatable bonds is 80. The minimum absolute atomic E-state index is 0.106. The summed E-state index contributed by atoms with van der Waals surface area (Å²) in [6.07, 6.45) is 63.8. The van der Waals surface area contributed by atoms with Crippen LogP contribution in [0.2, 0.25) is 0 Å². The van der Waals surface area contributed by atoms with Gasteiger partial charge in [-0.05, 0) is 31.6 Å². The average Bonchev–Trinajstić information content (AvgIpc) is 1.30. The van der Waals surface area contributed by atoms with Gasteiger partial charge in [-0.15, -0.1) is 0 Å². The van der Waals surface area contributed by atoms with Crippen LogP contribution < -0.4 is 0 Å². The fraction of sp³-hybridized carbons (Fsp3) is 0.950. The van der Waals surface area contributed by atoms with Gasteiger partial charge in [-0.3, -0.25) is 37.3 Å². The first-order valence-corrected chi connectivity index (χ1v) is 44.7. The normalized spacial score (nSPS) is 14.1. The number of esters is 4. The maximum atomic E-state index is 13.1. The Morgan fingerprint density at radius 2 is 0.485 bits per heavy atom. The first kappa shape index (κ1) is 97.1. The van der Waals surface area contributed by atoms with Crippen LogP contribution in [0.15, 0.2) is 0 Å². The molecule has 19 heteroatoms. The Morgan fingerprint density at radius 3 is 0.717 bits per heavy atom. The van der Waals surface area contributed by atoms with Gasteiger partial charge in [0.1, 0.15) is 19.3 Å². The number of ether oxygens (including phenoxy) is 4. The SMILES string of the molecule is CCCCCCCCCCCCCCCCCCCCCCC(=O)O[C@H](COC(=O)CCCCCCCCCCCCCCCCCC)COP(=O)(O)OC[C@@H](O)COP(=O)(O)OC[C@@H](COC(=O)CCCCCCCCCCCCC)OC(=O)CCCCCCCCCCC(C)CC. The summed E-state index contributed by atoms with van der Waals surface area (Å²) in [6, 6.07) is 0. The zero-order valence-corrected chi connectivity index (χ0v) is 66.4. The Morgan fingerprint density at radius 1 is 0.283 bits per heavy atom. The molecule has 0 bridgehead atoms. The van der Waals surface area contributed by atoms with E-state index in [2.05, 4.69) is 34.6 Å². The van der Waals surface area contributed by atoms with Crippen molar-refractivity contribution in [1.82, 2.24) is 0 Å². The molecule has 0 rings (SSSR count). The van der Waals surface area contributed by atoms with Gasteiger partial charge >= 0.3 is 39.5 Å². The Kier molecular flexibility index (Phi) is 71.6. The molecule has 0 aromatic rings. The Labute approximate surface area is 607 Å². The summed E-state index contributed by atoms with van der Waals surface area (Å²) in [7, 11) is -9.92. The highest BCUT2D eigenvalue weighted by Crippen LogP contribution is 2.45. The van der Waals surface area contributed by atoms with Gasteiger partial charge in [0.15, 0.2) is 12.2 Å². The van der Waals surface area contributed by atoms with E-state index >= 15 is 0 Å². The molecular weight excluding hydrogens is 1290 g/mol. The van der Waals surface area contributed by atoms with Crippen molar-refractivity contribution in [3.8, 4) is 0 Å². The lowest BCUT2D eigenvalue weighted by Crippen LogP contribution is -2.30. The molecular formula is C80H156O17P2. The fourth-order valence-corrected chi connectivity index (χ4v) is 14.0. The van der Waals surface area contributed by atoms with Crippen molar-refractivity contribution >= 4 is 39.5 Å². The van der Waals surface area contributed by atoms with Crippen LogP contribution in [0.3, 0.4) is 0 Å². The molecule has 0 saturated heterocycles. The molecule has 6 atom stereocenters. The van der Waals surface area contributed by atoms with Gasteiger partial charge in [0.25, 0.3) is 0 Å². The van der Waals surface area contributed by atoms with Crippen LogP contribution in [0, 0.1) is 5.92 Å². The lowest BCUT2D eigenvalue weighted by molar-refractivity contribution is -0.161. The van der Waals surface area contributed by atoms with Gasteiger partial charge in [-0.1, -0.05) is 375 Å². The van der Waals surface area contributed by atoms with Crippen molar-refractivity contribution in [2.45, 2.75) is 445 Å². The molecule has 3 N–H and O–H groups in total. The predicted molar refractivity (Wildman–Crippen MR) is 405 cm³/mol. The van der Waals surface area contributed by atoms with Crippen molar-refractivity contribution in [3.05, 3.63) is 0 Å². The number of aliphatic hydroxyl groups is 1. The monoisotopic (exact) mass is 1450 g/mol. The first-order valence-electron chi connectivity index (χ1n) is 41.7. The van der Waals surface area contributed by atoms with E-state index < -0.39 is 97.5 Å². The number of hydrogen-bond donors (Lipinski definition) is 3. The predicted octanol–water partition coefficient (Wildman–Crippen LogP) is 24.0. The molecule has 0 aliphatic carbocycles. The zero-order chi connectivity index (χ0) is 72.7. The van der Waals surface area contributed by atoms with Crippen LogP contribution in [-0.2, 0) is 65.4 Å². The van der Waals surface area contributed by atoms with Gasteiger partial charge in [0, 0.05) is 25.7 Å². The highest BCUT2D eigenvalue weighted by molar-refractivity contribution is 7.47. The van der Waals surface area contributed by atoms with Gasteiger partial charge in [0.05, 0.1) is 26.4 Å². The molecule has 0 spiro atoms. The molecule has 0 aliphatic rings. The molecule has 3 unspecified atom stereocenters. The Bertz CT molecular complexity index is 1890. The summed E-state index contributed by atoms with van der Waals surface area (Å²) in [5.74, 6) is -1.34. The number of hydrogen-bond acceptors (Lipinski definition) is 15. The van der Waals surface area contributed by atoms with E-state index in [1.807, 2.05) is 0 Å². The van der Waals surface area contributed by atoms with Crippen molar-refractivity contribution in [2.24, 2.45) is 5.92 Å². The van der Waals surface area contributed by atoms with Crippen LogP contribution in [0.25, 0.3) is 0 Å². The van der Waals surface area contributed by atoms with Crippen LogP contribution >= 0.6 is 15.6 Å². The minimum Gasteiger partial charge on any atom is -0.462 e. The topological polar surface area (TPSA) is 237 Å². The van der Waals surface area contributed by atoms with Crippen LogP contribution in [0.4, 0.5) is 0 Å². The Balaban J connectivity index is 5.23. The van der Waals surface area contributed by atoms with Crippen molar-refractivity contribution in [1.29, 1.82) is 0 Å². The largest absolute Gasteiger partial charge is 0.472 e. The summed E-state index contributed by atoms with van der Waals surface area (Å²) >= 11 is 0. The number of carbonyl (C=O) groups excluding carboxylic acids is 4. The van der Waals surface area contributed by atoms with E-state index in [0.29, 0.717) is 25.7 Å². The second kappa shape index (κ2) is 73.0. The standard InChI is InChI=1S/C80H156O17P2/c1-6-10-13-16-19-22-25-27-29-31-32-33-34-36-38-41-44-50-55-60-65-79(84)96-75(69-91-78(83)64-59-54-49-43-40-37-35-30-28-26-23-20-17-14-11-7-2)71-94-98(86,87)92-67-74(81)68-93-99(88,89)95-72-76(70-90-77(82)63-58-53-48-42-39-24-21-18-15-12-8-3)97-80(85)66-61-56-51-46-45-47-52-57-62-73(5)9-4/h73-76,81H,6-72H2,1-5H3,(H,86,87)(H,88,89)/t73?,74-,75-,76-/m1/s1. The molecule has 0 heterocycles. The van der Waals surface area contributed by atoms with Gasteiger partial charge in [-0.25, -0.2) is 9.13 Å². The lowest BCUT2D eigenvalue weighted by atomic mass is 9.99. The summed E-state index contributed by atoms with van der Waals surface area (Å²) < 4.78 is 68.7. The number of carbonyl (C=O) groups is 4. The van der Waals surface area contributed by atoms with Crippen molar-refractivity contribution in [2.75, 3.05) is 39.6 Å². The smallest absolute Gasteiger partial charge is 0.462 e. The Hall–Kier alpha value is -1.94. The molecule has 588 valence electrons. The number of unbranched alkanes of at least 4 members (excludes halogenated alkanes) is 51. The van der Waals surface area contributed by atoms with Gasteiger partial charge in [-0.2, -0.15) is 0 Å². The van der Waals surface area contributed by atoms with E-state index in [1.54, 1.807) is 0 Å². The van der Waals surface area contributed by atoms with E-state index in [1.165, 1.54) is 250 Å². The average molecular weight is 1450 g/mol. The van der Waals surface area contributed by atoms with Crippen LogP contribution in [0.5, 0.6) is 0 Å². The molecule has 0 fully saturated rings. The summed E-state index contributed by atoms with van der Waals surface area (Å²) in [5.41, 5.74) is 0. The van der Waals surface area contributed by atoms with E-state index in [0.717, 1.165) is 95.8 Å². The van der Waals surface area contributed by atoms with Crippen LogP contribution in [-0.4, -0.2) is 96.7 Å². The third-order valence-corrected chi connectivity index (χ3v) is 21.0. The maximum Gasteiger partial charge on any atom is 0.472 e. The van der Waals surface area contributed by atoms with Crippen LogP contribution in [0.1, 0.15) is 426 Å². The molecule has 0 aromatic heterocycles. The summed E-state index contributed by atoms with van der Waals surface area (Å²) in [5, 5.41) is 10.6. The molecule has 17 nitrogen and oxygen atoms in total.